The van der Waals surface area contributed by atoms with Crippen molar-refractivity contribution in [3.05, 3.63) is 137 Å². The normalized spacial score (nSPS) is 11.4. The number of hydrogen-bond acceptors (Lipinski definition) is 4. The molecule has 5 nitrogen and oxygen atoms in total. The van der Waals surface area contributed by atoms with Gasteiger partial charge in [0.25, 0.3) is 0 Å². The number of benzene rings is 3. The molecule has 0 saturated carbocycles. The van der Waals surface area contributed by atoms with Gasteiger partial charge in [0.15, 0.2) is 0 Å². The van der Waals surface area contributed by atoms with Crippen LogP contribution in [-0.4, -0.2) is 36.2 Å². The number of nitrogens with zero attached hydrogens (tertiary/aromatic N) is 1. The molecule has 0 atom stereocenters. The van der Waals surface area contributed by atoms with Gasteiger partial charge < -0.3 is 14.3 Å². The fourth-order valence-corrected chi connectivity index (χ4v) is 5.31. The van der Waals surface area contributed by atoms with E-state index in [1.807, 2.05) is 18.2 Å². The van der Waals surface area contributed by atoms with Gasteiger partial charge in [-0.2, -0.15) is 0 Å². The molecule has 1 aliphatic carbocycles. The zero-order valence-electron chi connectivity index (χ0n) is 22.1. The van der Waals surface area contributed by atoms with Crippen molar-refractivity contribution in [2.24, 2.45) is 0 Å². The van der Waals surface area contributed by atoms with Crippen LogP contribution in [0.4, 0.5) is 0 Å². The fraction of sp³-hybridized carbons (Fsp3) is 0.206. The van der Waals surface area contributed by atoms with Crippen LogP contribution in [0.25, 0.3) is 11.1 Å². The van der Waals surface area contributed by atoms with E-state index in [-0.39, 0.29) is 12.3 Å². The van der Waals surface area contributed by atoms with E-state index in [9.17, 15) is 9.90 Å². The molecule has 0 unspecified atom stereocenters. The number of ether oxygens (including phenoxy) is 1. The second-order valence-corrected chi connectivity index (χ2v) is 9.85. The largest absolute Gasteiger partial charge is 0.497 e. The molecule has 5 rings (SSSR count). The Hall–Kier alpha value is -4.35. The molecule has 39 heavy (non-hydrogen) atoms. The molecule has 1 N–H and O–H groups in total. The highest BCUT2D eigenvalue weighted by Crippen LogP contribution is 2.33. The third kappa shape index (κ3) is 6.57. The average molecular weight is 520 g/mol. The molecule has 3 aromatic carbocycles. The maximum absolute atomic E-state index is 11.7. The van der Waals surface area contributed by atoms with Gasteiger partial charge in [-0.1, -0.05) is 78.9 Å². The molecule has 0 amide bonds. The molecule has 2 aliphatic rings. The molecule has 198 valence electrons. The molecule has 1 aliphatic heterocycles. The van der Waals surface area contributed by atoms with Crippen molar-refractivity contribution in [1.29, 1.82) is 0 Å². The number of fused-ring (bicyclic) bond motifs is 1. The lowest BCUT2D eigenvalue weighted by Gasteiger charge is -2.29. The van der Waals surface area contributed by atoms with E-state index in [0.29, 0.717) is 0 Å². The number of carbonyl (C=O) groups is 1. The quantitative estimate of drug-likeness (QED) is 0.194. The van der Waals surface area contributed by atoms with E-state index >= 15 is 0 Å². The predicted molar refractivity (Wildman–Crippen MR) is 153 cm³/mol. The number of methoxy groups -OCH3 is 1. The summed E-state index contributed by atoms with van der Waals surface area (Å²) in [6.07, 6.45) is 4.02. The Balaban J connectivity index is 1.45. The summed E-state index contributed by atoms with van der Waals surface area (Å²) in [4.78, 5) is 14.2. The smallest absolute Gasteiger partial charge is 0.307 e. The van der Waals surface area contributed by atoms with Crippen molar-refractivity contribution >= 4 is 5.97 Å². The second-order valence-electron chi connectivity index (χ2n) is 9.85. The minimum atomic E-state index is -0.837. The highest BCUT2D eigenvalue weighted by atomic mass is 16.5. The van der Waals surface area contributed by atoms with E-state index in [2.05, 4.69) is 83.8 Å². The van der Waals surface area contributed by atoms with Crippen LogP contribution in [0, 0.1) is 0 Å². The summed E-state index contributed by atoms with van der Waals surface area (Å²) in [7, 11) is 1.68. The Morgan fingerprint density at radius 2 is 1.59 bits per heavy atom. The van der Waals surface area contributed by atoms with Crippen LogP contribution in [-0.2, 0) is 24.2 Å². The van der Waals surface area contributed by atoms with Gasteiger partial charge in [0.1, 0.15) is 5.75 Å². The van der Waals surface area contributed by atoms with Crippen molar-refractivity contribution in [2.45, 2.75) is 25.3 Å². The van der Waals surface area contributed by atoms with E-state index in [4.69, 9.17) is 9.15 Å². The number of hydrogen-bond donors (Lipinski definition) is 1. The maximum atomic E-state index is 11.7. The van der Waals surface area contributed by atoms with Gasteiger partial charge in [-0.05, 0) is 58.0 Å². The molecule has 0 saturated heterocycles. The summed E-state index contributed by atoms with van der Waals surface area (Å²) < 4.78 is 10.8. The Morgan fingerprint density at radius 1 is 0.923 bits per heavy atom. The Kier molecular flexibility index (Phi) is 8.39. The second kappa shape index (κ2) is 12.5. The van der Waals surface area contributed by atoms with Gasteiger partial charge in [-0.25, -0.2) is 0 Å². The molecule has 1 heterocycles. The van der Waals surface area contributed by atoms with E-state index in [1.54, 1.807) is 19.6 Å². The number of aliphatic carboxylic acids is 1. The van der Waals surface area contributed by atoms with Crippen molar-refractivity contribution in [1.82, 2.24) is 4.90 Å². The van der Waals surface area contributed by atoms with Gasteiger partial charge in [0.05, 0.1) is 26.1 Å². The molecular weight excluding hydrogens is 486 g/mol. The highest BCUT2D eigenvalue weighted by molar-refractivity contribution is 5.80. The minimum absolute atomic E-state index is 0.0203. The Morgan fingerprint density at radius 3 is 2.21 bits per heavy atom. The standard InChI is InChI=1S/C34H33NO4/c1-38-30-14-12-25(13-15-30)22-35(23-32(26-8-4-2-5-9-26)27-10-6-3-7-11-27)18-16-28-20-29-17-19-39-24-33(29)31(28)21-34(36)37/h2-15,17,19-20,24,32H,16,18,21-23H2,1H3,(H,36,37). The van der Waals surface area contributed by atoms with Crippen molar-refractivity contribution < 1.29 is 19.1 Å². The lowest BCUT2D eigenvalue weighted by molar-refractivity contribution is -0.136. The summed E-state index contributed by atoms with van der Waals surface area (Å²) in [6, 6.07) is 33.5. The van der Waals surface area contributed by atoms with Gasteiger partial charge >= 0.3 is 5.97 Å². The lowest BCUT2D eigenvalue weighted by atomic mass is 9.90. The topological polar surface area (TPSA) is 62.9 Å². The minimum Gasteiger partial charge on any atom is -0.497 e. The summed E-state index contributed by atoms with van der Waals surface area (Å²) in [5.41, 5.74) is 7.54. The first-order valence-corrected chi connectivity index (χ1v) is 13.2. The first kappa shape index (κ1) is 26.3. The summed E-state index contributed by atoms with van der Waals surface area (Å²) in [6.45, 7) is 2.37. The van der Waals surface area contributed by atoms with Crippen LogP contribution >= 0.6 is 0 Å². The molecule has 5 heteroatoms. The van der Waals surface area contributed by atoms with Crippen molar-refractivity contribution in [2.75, 3.05) is 20.2 Å². The third-order valence-electron chi connectivity index (χ3n) is 7.30. The van der Waals surface area contributed by atoms with Crippen LogP contribution in [0.2, 0.25) is 0 Å². The molecule has 0 radical (unpaired) electrons. The zero-order chi connectivity index (χ0) is 27.0. The van der Waals surface area contributed by atoms with Crippen molar-refractivity contribution in [3.8, 4) is 16.9 Å². The molecule has 3 aromatic rings. The van der Waals surface area contributed by atoms with E-state index < -0.39 is 5.97 Å². The van der Waals surface area contributed by atoms with Crippen LogP contribution in [0.3, 0.4) is 0 Å². The van der Waals surface area contributed by atoms with Crippen LogP contribution in [0.5, 0.6) is 5.75 Å². The number of rotatable bonds is 12. The first-order valence-electron chi connectivity index (χ1n) is 13.2. The van der Waals surface area contributed by atoms with Crippen LogP contribution in [0.15, 0.2) is 114 Å². The van der Waals surface area contributed by atoms with E-state index in [1.165, 1.54) is 16.7 Å². The van der Waals surface area contributed by atoms with E-state index in [0.717, 1.165) is 54.1 Å². The summed E-state index contributed by atoms with van der Waals surface area (Å²) in [5, 5.41) is 9.60. The lowest BCUT2D eigenvalue weighted by Crippen LogP contribution is -2.31. The average Bonchev–Trinajstić information content (AvgIpc) is 3.32. The molecule has 0 fully saturated rings. The van der Waals surface area contributed by atoms with Gasteiger partial charge in [-0.15, -0.1) is 0 Å². The summed E-state index contributed by atoms with van der Waals surface area (Å²) in [5.74, 6) is 0.196. The number of carboxylic acid groups (broad SMARTS) is 1. The maximum Gasteiger partial charge on any atom is 0.307 e. The Labute approximate surface area is 229 Å². The van der Waals surface area contributed by atoms with Gasteiger partial charge in [0.2, 0.25) is 0 Å². The molecular formula is C34H33NO4. The summed E-state index contributed by atoms with van der Waals surface area (Å²) >= 11 is 0. The highest BCUT2D eigenvalue weighted by Gasteiger charge is 2.22. The van der Waals surface area contributed by atoms with Crippen molar-refractivity contribution in [3.63, 3.8) is 0 Å². The SMILES string of the molecule is COc1ccc(CN(CCc2cc3ccocc-3c2CC(=O)O)CC(c2ccccc2)c2ccccc2)cc1. The van der Waals surface area contributed by atoms with Crippen LogP contribution < -0.4 is 4.74 Å². The third-order valence-corrected chi connectivity index (χ3v) is 7.30. The monoisotopic (exact) mass is 519 g/mol. The van der Waals surface area contributed by atoms with Gasteiger partial charge in [0, 0.05) is 31.1 Å². The molecule has 0 aromatic heterocycles. The number of carboxylic acids is 1. The predicted octanol–water partition coefficient (Wildman–Crippen LogP) is 6.90. The molecule has 0 spiro atoms. The fourth-order valence-electron chi connectivity index (χ4n) is 5.31. The van der Waals surface area contributed by atoms with Gasteiger partial charge in [-0.3, -0.25) is 9.69 Å². The molecule has 0 bridgehead atoms. The first-order chi connectivity index (χ1) is 19.1. The van der Waals surface area contributed by atoms with Crippen LogP contribution in [0.1, 0.15) is 33.7 Å². The zero-order valence-corrected chi connectivity index (χ0v) is 22.1. The Bertz CT molecular complexity index is 1400.